The molecule has 2 aliphatic heterocycles. The molecule has 0 fully saturated rings. The van der Waals surface area contributed by atoms with Gasteiger partial charge in [-0.05, 0) is 43.7 Å². The fourth-order valence-electron chi connectivity index (χ4n) is 3.38. The van der Waals surface area contributed by atoms with Crippen molar-refractivity contribution in [3.63, 3.8) is 0 Å². The van der Waals surface area contributed by atoms with Gasteiger partial charge in [-0.1, -0.05) is 15.9 Å². The molecule has 5 nitrogen and oxygen atoms in total. The maximum absolute atomic E-state index is 12.7. The van der Waals surface area contributed by atoms with Crippen LogP contribution in [0.4, 0.5) is 5.00 Å². The number of anilines is 1. The summed E-state index contributed by atoms with van der Waals surface area (Å²) < 4.78 is 0.877. The molecule has 3 N–H and O–H groups in total. The zero-order chi connectivity index (χ0) is 17.0. The lowest BCUT2D eigenvalue weighted by Crippen LogP contribution is -2.38. The molecule has 0 aliphatic carbocycles. The van der Waals surface area contributed by atoms with Gasteiger partial charge in [-0.2, -0.15) is 0 Å². The Morgan fingerprint density at radius 1 is 1.38 bits per heavy atom. The van der Waals surface area contributed by atoms with E-state index in [-0.39, 0.29) is 11.7 Å². The normalized spacial score (nSPS) is 20.1. The Kier molecular flexibility index (Phi) is 3.82. The highest BCUT2D eigenvalue weighted by atomic mass is 79.9. The summed E-state index contributed by atoms with van der Waals surface area (Å²) in [5.41, 5.74) is 3.40. The van der Waals surface area contributed by atoms with E-state index in [1.54, 1.807) is 11.3 Å². The van der Waals surface area contributed by atoms with Crippen molar-refractivity contribution < 1.29 is 9.90 Å². The van der Waals surface area contributed by atoms with Crippen molar-refractivity contribution in [2.75, 3.05) is 18.9 Å². The highest BCUT2D eigenvalue weighted by molar-refractivity contribution is 9.10. The average molecular weight is 408 g/mol. The van der Waals surface area contributed by atoms with Gasteiger partial charge < -0.3 is 20.6 Å². The van der Waals surface area contributed by atoms with Crippen molar-refractivity contribution in [3.8, 4) is 5.75 Å². The molecule has 0 radical (unpaired) electrons. The minimum absolute atomic E-state index is 0.0622. The predicted octanol–water partition coefficient (Wildman–Crippen LogP) is 3.37. The SMILES string of the molecule is Cc1cc(Br)cc([C@H]2NC(=O)c3c(sc4c3CCN(C)C4)N2)c1O. The third-order valence-corrected chi connectivity index (χ3v) is 6.24. The van der Waals surface area contributed by atoms with E-state index in [0.717, 1.165) is 40.1 Å². The number of hydrogen-bond donors (Lipinski definition) is 3. The van der Waals surface area contributed by atoms with Crippen molar-refractivity contribution in [3.05, 3.63) is 43.7 Å². The van der Waals surface area contributed by atoms with Gasteiger partial charge in [0.25, 0.3) is 5.91 Å². The molecule has 4 rings (SSSR count). The standard InChI is InChI=1S/C17H18BrN3O2S/c1-8-5-9(18)6-11(14(8)22)15-19-16(23)13-10-3-4-21(2)7-12(10)24-17(13)20-15/h5-6,15,20,22H,3-4,7H2,1-2H3,(H,19,23)/t15-/m0/s1. The second-order valence-corrected chi connectivity index (χ2v) is 8.43. The number of carbonyl (C=O) groups is 1. The Labute approximate surface area is 152 Å². The number of rotatable bonds is 1. The Morgan fingerprint density at radius 2 is 2.17 bits per heavy atom. The smallest absolute Gasteiger partial charge is 0.256 e. The van der Waals surface area contributed by atoms with Gasteiger partial charge >= 0.3 is 0 Å². The summed E-state index contributed by atoms with van der Waals surface area (Å²) in [4.78, 5) is 16.2. The predicted molar refractivity (Wildman–Crippen MR) is 98.7 cm³/mol. The largest absolute Gasteiger partial charge is 0.507 e. The first-order valence-electron chi connectivity index (χ1n) is 7.83. The summed E-state index contributed by atoms with van der Waals surface area (Å²) in [6.07, 6.45) is 0.470. The van der Waals surface area contributed by atoms with Gasteiger partial charge in [0.2, 0.25) is 0 Å². The highest BCUT2D eigenvalue weighted by Crippen LogP contribution is 2.42. The van der Waals surface area contributed by atoms with E-state index in [1.807, 2.05) is 19.1 Å². The van der Waals surface area contributed by atoms with Crippen LogP contribution >= 0.6 is 27.3 Å². The molecule has 0 spiro atoms. The zero-order valence-corrected chi connectivity index (χ0v) is 15.8. The number of aromatic hydroxyl groups is 1. The Hall–Kier alpha value is -1.57. The molecule has 1 amide bonds. The van der Waals surface area contributed by atoms with Crippen molar-refractivity contribution in [2.45, 2.75) is 26.1 Å². The van der Waals surface area contributed by atoms with Crippen molar-refractivity contribution in [1.82, 2.24) is 10.2 Å². The Morgan fingerprint density at radius 3 is 2.96 bits per heavy atom. The first kappa shape index (κ1) is 15.9. The van der Waals surface area contributed by atoms with Crippen LogP contribution in [-0.4, -0.2) is 29.5 Å². The number of benzene rings is 1. The summed E-state index contributed by atoms with van der Waals surface area (Å²) in [6, 6.07) is 3.70. The number of carbonyl (C=O) groups excluding carboxylic acids is 1. The number of phenols is 1. The summed E-state index contributed by atoms with van der Waals surface area (Å²) in [5, 5.41) is 17.7. The van der Waals surface area contributed by atoms with Crippen molar-refractivity contribution in [1.29, 1.82) is 0 Å². The van der Waals surface area contributed by atoms with E-state index in [2.05, 4.69) is 38.5 Å². The van der Waals surface area contributed by atoms with E-state index in [4.69, 9.17) is 0 Å². The van der Waals surface area contributed by atoms with Gasteiger partial charge in [0.1, 0.15) is 16.9 Å². The quantitative estimate of drug-likeness (QED) is 0.677. The number of thiophene rings is 1. The topological polar surface area (TPSA) is 64.6 Å². The van der Waals surface area contributed by atoms with E-state index in [9.17, 15) is 9.90 Å². The Bertz CT molecular complexity index is 849. The van der Waals surface area contributed by atoms with E-state index >= 15 is 0 Å². The molecule has 24 heavy (non-hydrogen) atoms. The molecule has 126 valence electrons. The van der Waals surface area contributed by atoms with Crippen LogP contribution in [-0.2, 0) is 13.0 Å². The van der Waals surface area contributed by atoms with E-state index in [0.29, 0.717) is 5.56 Å². The monoisotopic (exact) mass is 407 g/mol. The minimum Gasteiger partial charge on any atom is -0.507 e. The summed E-state index contributed by atoms with van der Waals surface area (Å²) in [7, 11) is 2.10. The van der Waals surface area contributed by atoms with Crippen LogP contribution in [0.5, 0.6) is 5.75 Å². The lowest BCUT2D eigenvalue weighted by molar-refractivity contribution is 0.0934. The number of likely N-dealkylation sites (N-methyl/N-ethyl adjacent to an activating group) is 1. The number of nitrogens with zero attached hydrogens (tertiary/aromatic N) is 1. The molecular weight excluding hydrogens is 390 g/mol. The zero-order valence-electron chi connectivity index (χ0n) is 13.4. The number of phenolic OH excluding ortho intramolecular Hbond substituents is 1. The van der Waals surface area contributed by atoms with Gasteiger partial charge in [-0.3, -0.25) is 4.79 Å². The maximum Gasteiger partial charge on any atom is 0.256 e. The summed E-state index contributed by atoms with van der Waals surface area (Å²) in [6.45, 7) is 3.70. The molecule has 0 saturated carbocycles. The van der Waals surface area contributed by atoms with E-state index in [1.165, 1.54) is 10.4 Å². The second kappa shape index (κ2) is 5.75. The first-order chi connectivity index (χ1) is 11.4. The summed E-state index contributed by atoms with van der Waals surface area (Å²) >= 11 is 5.11. The number of hydrogen-bond acceptors (Lipinski definition) is 5. The van der Waals surface area contributed by atoms with Crippen molar-refractivity contribution in [2.24, 2.45) is 0 Å². The van der Waals surface area contributed by atoms with Gasteiger partial charge in [-0.25, -0.2) is 0 Å². The molecule has 1 atom stereocenters. The fraction of sp³-hybridized carbons (Fsp3) is 0.353. The molecule has 2 aromatic rings. The van der Waals surface area contributed by atoms with Crippen LogP contribution < -0.4 is 10.6 Å². The lowest BCUT2D eigenvalue weighted by Gasteiger charge is -2.28. The molecular formula is C17H18BrN3O2S. The number of amides is 1. The first-order valence-corrected chi connectivity index (χ1v) is 9.44. The van der Waals surface area contributed by atoms with Crippen molar-refractivity contribution >= 4 is 38.2 Å². The van der Waals surface area contributed by atoms with E-state index < -0.39 is 6.17 Å². The van der Waals surface area contributed by atoms with Crippen LogP contribution in [0, 0.1) is 6.92 Å². The highest BCUT2D eigenvalue weighted by Gasteiger charge is 2.33. The average Bonchev–Trinajstić information content (AvgIpc) is 2.88. The molecule has 0 bridgehead atoms. The lowest BCUT2D eigenvalue weighted by atomic mass is 10.00. The molecule has 7 heteroatoms. The molecule has 3 heterocycles. The van der Waals surface area contributed by atoms with Gasteiger partial charge in [0.05, 0.1) is 5.56 Å². The minimum atomic E-state index is -0.431. The van der Waals surface area contributed by atoms with Crippen LogP contribution in [0.3, 0.4) is 0 Å². The number of aryl methyl sites for hydroxylation is 1. The van der Waals surface area contributed by atoms with Crippen LogP contribution in [0.1, 0.15) is 38.1 Å². The molecule has 0 saturated heterocycles. The van der Waals surface area contributed by atoms with Gasteiger partial charge in [0, 0.05) is 28.0 Å². The van der Waals surface area contributed by atoms with Crippen LogP contribution in [0.15, 0.2) is 16.6 Å². The van der Waals surface area contributed by atoms with Gasteiger partial charge in [-0.15, -0.1) is 11.3 Å². The number of nitrogens with one attached hydrogen (secondary N) is 2. The fourth-order valence-corrected chi connectivity index (χ4v) is 5.32. The van der Waals surface area contributed by atoms with Crippen LogP contribution in [0.2, 0.25) is 0 Å². The van der Waals surface area contributed by atoms with Gasteiger partial charge in [0.15, 0.2) is 0 Å². The Balaban J connectivity index is 1.74. The summed E-state index contributed by atoms with van der Waals surface area (Å²) in [5.74, 6) is 0.147. The molecule has 0 unspecified atom stereocenters. The number of fused-ring (bicyclic) bond motifs is 3. The third-order valence-electron chi connectivity index (χ3n) is 4.63. The third kappa shape index (κ3) is 2.51. The number of halogens is 1. The molecule has 1 aromatic heterocycles. The molecule has 2 aliphatic rings. The maximum atomic E-state index is 12.7. The second-order valence-electron chi connectivity index (χ2n) is 6.41. The molecule has 1 aromatic carbocycles. The van der Waals surface area contributed by atoms with Crippen LogP contribution in [0.25, 0.3) is 0 Å².